The van der Waals surface area contributed by atoms with Crippen molar-refractivity contribution in [2.24, 2.45) is 5.92 Å². The fourth-order valence-electron chi connectivity index (χ4n) is 8.66. The SMILES string of the molecule is CC1(C)CC2CC(C)(C)N1OC(=O)C1(CCCCCCCC(=O)O2)C2CC(C)(C)N1C(C)(C)C2. The lowest BCUT2D eigenvalue weighted by Gasteiger charge is -2.54. The largest absolute Gasteiger partial charge is 0.462 e. The van der Waals surface area contributed by atoms with Gasteiger partial charge in [0.1, 0.15) is 11.6 Å². The number of ether oxygens (including phenoxy) is 1. The lowest BCUT2D eigenvalue weighted by Crippen LogP contribution is -2.66. The Morgan fingerprint density at radius 2 is 1.24 bits per heavy atom. The maximum absolute atomic E-state index is 14.4. The van der Waals surface area contributed by atoms with E-state index in [2.05, 4.69) is 60.3 Å². The molecule has 0 saturated carbocycles. The van der Waals surface area contributed by atoms with E-state index < -0.39 is 16.6 Å². The topological polar surface area (TPSA) is 59.1 Å². The molecule has 6 nitrogen and oxygen atoms in total. The standard InChI is InChI=1S/C28H48N2O4/c1-24(2)16-20-17-25(3,4)29(24)28(20)15-13-11-9-10-12-14-22(31)33-21-18-26(5,6)30(34-23(28)32)27(7,8)19-21/h20-21H,9-19H2,1-8H3. The summed E-state index contributed by atoms with van der Waals surface area (Å²) in [4.78, 5) is 35.9. The number of hydrogen-bond donors (Lipinski definition) is 0. The Balaban J connectivity index is 1.71. The van der Waals surface area contributed by atoms with Crippen LogP contribution in [0.3, 0.4) is 0 Å². The van der Waals surface area contributed by atoms with E-state index in [-0.39, 0.29) is 29.1 Å². The molecular weight excluding hydrogens is 428 g/mol. The molecule has 1 unspecified atom stereocenters. The van der Waals surface area contributed by atoms with Gasteiger partial charge in [0.25, 0.3) is 0 Å². The third kappa shape index (κ3) is 4.31. The van der Waals surface area contributed by atoms with E-state index in [0.717, 1.165) is 51.4 Å². The van der Waals surface area contributed by atoms with Gasteiger partial charge in [-0.1, -0.05) is 25.7 Å². The summed E-state index contributed by atoms with van der Waals surface area (Å²) in [6.45, 7) is 17.6. The molecule has 5 rings (SSSR count). The minimum absolute atomic E-state index is 0.0293. The lowest BCUT2D eigenvalue weighted by molar-refractivity contribution is -0.285. The Hall–Kier alpha value is -1.14. The molecule has 5 heterocycles. The average Bonchev–Trinajstić information content (AvgIpc) is 3.02. The van der Waals surface area contributed by atoms with Gasteiger partial charge < -0.3 is 9.57 Å². The van der Waals surface area contributed by atoms with E-state index in [0.29, 0.717) is 25.2 Å². The molecule has 1 spiro atoms. The molecular formula is C28H48N2O4. The molecule has 4 bridgehead atoms. The first-order valence-corrected chi connectivity index (χ1v) is 13.6. The fraction of sp³-hybridized carbons (Fsp3) is 0.929. The van der Waals surface area contributed by atoms with Gasteiger partial charge in [-0.2, -0.15) is 0 Å². The van der Waals surface area contributed by atoms with Gasteiger partial charge in [0, 0.05) is 30.3 Å². The Kier molecular flexibility index (Phi) is 6.46. The van der Waals surface area contributed by atoms with Crippen LogP contribution in [0.4, 0.5) is 0 Å². The summed E-state index contributed by atoms with van der Waals surface area (Å²) >= 11 is 0. The van der Waals surface area contributed by atoms with Crippen LogP contribution in [0.15, 0.2) is 0 Å². The third-order valence-corrected chi connectivity index (χ3v) is 9.10. The van der Waals surface area contributed by atoms with Crippen LogP contribution in [0.1, 0.15) is 126 Å². The van der Waals surface area contributed by atoms with Crippen molar-refractivity contribution in [1.29, 1.82) is 0 Å². The van der Waals surface area contributed by atoms with E-state index in [1.165, 1.54) is 0 Å². The zero-order valence-corrected chi connectivity index (χ0v) is 23.0. The highest BCUT2D eigenvalue weighted by atomic mass is 16.7. The van der Waals surface area contributed by atoms with Crippen LogP contribution in [-0.2, 0) is 19.2 Å². The van der Waals surface area contributed by atoms with Gasteiger partial charge in [0.15, 0.2) is 0 Å². The molecule has 194 valence electrons. The highest BCUT2D eigenvalue weighted by Gasteiger charge is 2.71. The van der Waals surface area contributed by atoms with Crippen molar-refractivity contribution in [3.05, 3.63) is 0 Å². The second kappa shape index (κ2) is 8.47. The van der Waals surface area contributed by atoms with E-state index in [4.69, 9.17) is 9.57 Å². The minimum Gasteiger partial charge on any atom is -0.462 e. The first-order chi connectivity index (χ1) is 15.6. The van der Waals surface area contributed by atoms with Gasteiger partial charge in [0.2, 0.25) is 0 Å². The van der Waals surface area contributed by atoms with Crippen molar-refractivity contribution in [2.75, 3.05) is 0 Å². The van der Waals surface area contributed by atoms with Gasteiger partial charge in [-0.25, -0.2) is 4.79 Å². The van der Waals surface area contributed by atoms with Crippen LogP contribution in [0.2, 0.25) is 0 Å². The van der Waals surface area contributed by atoms with E-state index in [1.807, 2.05) is 5.06 Å². The van der Waals surface area contributed by atoms with Crippen molar-refractivity contribution < 1.29 is 19.2 Å². The summed E-state index contributed by atoms with van der Waals surface area (Å²) in [6, 6.07) is 0. The Morgan fingerprint density at radius 1 is 0.706 bits per heavy atom. The highest BCUT2D eigenvalue weighted by molar-refractivity contribution is 5.83. The Bertz CT molecular complexity index is 781. The van der Waals surface area contributed by atoms with Gasteiger partial charge in [-0.15, -0.1) is 5.06 Å². The number of hydrogen-bond acceptors (Lipinski definition) is 6. The normalized spacial score (nSPS) is 41.3. The molecule has 0 aliphatic carbocycles. The van der Waals surface area contributed by atoms with Crippen molar-refractivity contribution in [1.82, 2.24) is 9.96 Å². The number of carbonyl (C=O) groups excluding carboxylic acids is 2. The molecule has 0 aromatic carbocycles. The number of carbonyl (C=O) groups is 2. The van der Waals surface area contributed by atoms with Crippen LogP contribution in [0, 0.1) is 5.92 Å². The average molecular weight is 477 g/mol. The highest BCUT2D eigenvalue weighted by Crippen LogP contribution is 2.61. The van der Waals surface area contributed by atoms with Gasteiger partial charge in [-0.3, -0.25) is 9.69 Å². The number of fused-ring (bicyclic) bond motifs is 11. The summed E-state index contributed by atoms with van der Waals surface area (Å²) in [5.41, 5.74) is -1.49. The van der Waals surface area contributed by atoms with Gasteiger partial charge >= 0.3 is 11.9 Å². The second-order valence-electron chi connectivity index (χ2n) is 14.1. The molecule has 0 amide bonds. The Morgan fingerprint density at radius 3 is 1.79 bits per heavy atom. The van der Waals surface area contributed by atoms with Gasteiger partial charge in [-0.05, 0) is 87.0 Å². The number of nitrogens with zero attached hydrogens (tertiary/aromatic N) is 2. The molecule has 5 saturated heterocycles. The summed E-state index contributed by atoms with van der Waals surface area (Å²) in [5, 5.41) is 1.94. The zero-order valence-electron chi connectivity index (χ0n) is 23.0. The summed E-state index contributed by atoms with van der Waals surface area (Å²) in [5.74, 6) is 0.152. The monoisotopic (exact) mass is 476 g/mol. The smallest absolute Gasteiger partial charge is 0.345 e. The number of hydroxylamine groups is 2. The number of esters is 1. The third-order valence-electron chi connectivity index (χ3n) is 9.10. The molecule has 5 fully saturated rings. The predicted molar refractivity (Wildman–Crippen MR) is 133 cm³/mol. The van der Waals surface area contributed by atoms with E-state index >= 15 is 0 Å². The lowest BCUT2D eigenvalue weighted by atomic mass is 9.77. The summed E-state index contributed by atoms with van der Waals surface area (Å²) in [6.07, 6.45) is 9.68. The van der Waals surface area contributed by atoms with Crippen molar-refractivity contribution in [2.45, 2.75) is 160 Å². The molecule has 0 radical (unpaired) electrons. The maximum atomic E-state index is 14.4. The number of rotatable bonds is 0. The van der Waals surface area contributed by atoms with E-state index in [1.54, 1.807) is 0 Å². The molecule has 5 aliphatic rings. The summed E-state index contributed by atoms with van der Waals surface area (Å²) in [7, 11) is 0. The maximum Gasteiger partial charge on any atom is 0.345 e. The molecule has 0 aromatic rings. The molecule has 1 atom stereocenters. The Labute approximate surface area is 207 Å². The quantitative estimate of drug-likeness (QED) is 0.413. The van der Waals surface area contributed by atoms with Crippen LogP contribution in [-0.4, -0.2) is 55.7 Å². The molecule has 0 N–H and O–H groups in total. The van der Waals surface area contributed by atoms with Crippen molar-refractivity contribution in [3.63, 3.8) is 0 Å². The van der Waals surface area contributed by atoms with E-state index in [9.17, 15) is 9.59 Å². The van der Waals surface area contributed by atoms with Crippen LogP contribution >= 0.6 is 0 Å². The zero-order chi connectivity index (χ0) is 25.2. The van der Waals surface area contributed by atoms with Gasteiger partial charge in [0.05, 0.1) is 11.1 Å². The molecule has 6 heteroatoms. The predicted octanol–water partition coefficient (Wildman–Crippen LogP) is 5.78. The fourth-order valence-corrected chi connectivity index (χ4v) is 8.66. The summed E-state index contributed by atoms with van der Waals surface area (Å²) < 4.78 is 5.91. The second-order valence-corrected chi connectivity index (χ2v) is 14.1. The molecule has 0 aromatic heterocycles. The van der Waals surface area contributed by atoms with Crippen molar-refractivity contribution >= 4 is 11.9 Å². The molecule has 5 aliphatic heterocycles. The minimum atomic E-state index is -0.570. The number of piperidine rings is 2. The van der Waals surface area contributed by atoms with Crippen LogP contribution in [0.5, 0.6) is 0 Å². The molecule has 34 heavy (non-hydrogen) atoms. The first-order valence-electron chi connectivity index (χ1n) is 13.6. The first kappa shape index (κ1) is 25.9. The van der Waals surface area contributed by atoms with Crippen LogP contribution < -0.4 is 0 Å². The van der Waals surface area contributed by atoms with Crippen LogP contribution in [0.25, 0.3) is 0 Å². The van der Waals surface area contributed by atoms with Crippen molar-refractivity contribution in [3.8, 4) is 0 Å².